The molecule has 1 rings (SSSR count). The molecule has 0 bridgehead atoms. The van der Waals surface area contributed by atoms with Gasteiger partial charge in [0, 0.05) is 32.4 Å². The van der Waals surface area contributed by atoms with Crippen LogP contribution in [0, 0.1) is 5.92 Å². The van der Waals surface area contributed by atoms with Crippen molar-refractivity contribution in [3.63, 3.8) is 0 Å². The highest BCUT2D eigenvalue weighted by molar-refractivity contribution is 5.81. The van der Waals surface area contributed by atoms with Crippen LogP contribution in [0.15, 0.2) is 12.4 Å². The largest absolute Gasteiger partial charge is 0.354 e. The fourth-order valence-corrected chi connectivity index (χ4v) is 1.68. The number of carbonyl (C=O) groups excluding carboxylic acids is 1. The lowest BCUT2D eigenvalue weighted by molar-refractivity contribution is -0.122. The van der Waals surface area contributed by atoms with Gasteiger partial charge in [-0.05, 0) is 12.3 Å². The molecule has 1 unspecified atom stereocenters. The number of carbonyl (C=O) groups is 1. The molecule has 0 fully saturated rings. The van der Waals surface area contributed by atoms with Crippen LogP contribution in [0.3, 0.4) is 0 Å². The second kappa shape index (κ2) is 6.39. The highest BCUT2D eigenvalue weighted by Crippen LogP contribution is 2.02. The predicted molar refractivity (Wildman–Crippen MR) is 67.4 cm³/mol. The molecule has 1 aromatic heterocycles. The Balaban J connectivity index is 2.27. The van der Waals surface area contributed by atoms with E-state index in [1.54, 1.807) is 6.20 Å². The van der Waals surface area contributed by atoms with Crippen molar-refractivity contribution in [3.8, 4) is 0 Å². The van der Waals surface area contributed by atoms with Crippen molar-refractivity contribution in [2.75, 3.05) is 6.54 Å². The van der Waals surface area contributed by atoms with Gasteiger partial charge in [0.2, 0.25) is 5.91 Å². The first-order valence-corrected chi connectivity index (χ1v) is 6.00. The molecule has 0 aliphatic heterocycles. The average Bonchev–Trinajstić information content (AvgIpc) is 2.63. The van der Waals surface area contributed by atoms with Gasteiger partial charge in [0.25, 0.3) is 0 Å². The standard InChI is InChI=1S/C12H22N4O/c1-9(2)8-10(13)12(17)15-5-4-11-14-6-7-16(11)3/h6-7,9-10H,4-5,8,13H2,1-3H3,(H,15,17). The summed E-state index contributed by atoms with van der Waals surface area (Å²) in [5.74, 6) is 1.32. The SMILES string of the molecule is CC(C)CC(N)C(=O)NCCc1nccn1C. The maximum atomic E-state index is 11.6. The number of hydrogen-bond acceptors (Lipinski definition) is 3. The van der Waals surface area contributed by atoms with Gasteiger partial charge >= 0.3 is 0 Å². The van der Waals surface area contributed by atoms with Gasteiger partial charge in [-0.3, -0.25) is 4.79 Å². The smallest absolute Gasteiger partial charge is 0.236 e. The summed E-state index contributed by atoms with van der Waals surface area (Å²) in [6.45, 7) is 4.69. The first-order valence-electron chi connectivity index (χ1n) is 6.00. The molecule has 17 heavy (non-hydrogen) atoms. The Hall–Kier alpha value is -1.36. The number of nitrogens with two attached hydrogens (primary N) is 1. The highest BCUT2D eigenvalue weighted by atomic mass is 16.2. The Morgan fingerprint density at radius 1 is 1.59 bits per heavy atom. The fourth-order valence-electron chi connectivity index (χ4n) is 1.68. The molecule has 0 radical (unpaired) electrons. The summed E-state index contributed by atoms with van der Waals surface area (Å²) < 4.78 is 1.94. The third-order valence-corrected chi connectivity index (χ3v) is 2.63. The zero-order valence-corrected chi connectivity index (χ0v) is 10.8. The van der Waals surface area contributed by atoms with Crippen LogP contribution in [0.1, 0.15) is 26.1 Å². The number of hydrogen-bond donors (Lipinski definition) is 2. The van der Waals surface area contributed by atoms with E-state index in [2.05, 4.69) is 24.1 Å². The summed E-state index contributed by atoms with van der Waals surface area (Å²) in [6, 6.07) is -0.406. The van der Waals surface area contributed by atoms with E-state index in [0.29, 0.717) is 18.9 Å². The van der Waals surface area contributed by atoms with E-state index in [0.717, 1.165) is 12.2 Å². The van der Waals surface area contributed by atoms with Crippen molar-refractivity contribution in [2.45, 2.75) is 32.7 Å². The number of aromatic nitrogens is 2. The normalized spacial score (nSPS) is 12.8. The molecule has 96 valence electrons. The summed E-state index contributed by atoms with van der Waals surface area (Å²) >= 11 is 0. The maximum absolute atomic E-state index is 11.6. The molecule has 1 atom stereocenters. The van der Waals surface area contributed by atoms with Gasteiger partial charge in [-0.25, -0.2) is 4.98 Å². The van der Waals surface area contributed by atoms with Crippen molar-refractivity contribution in [2.24, 2.45) is 18.7 Å². The molecule has 0 saturated heterocycles. The molecule has 0 saturated carbocycles. The summed E-state index contributed by atoms with van der Waals surface area (Å²) in [5.41, 5.74) is 5.77. The lowest BCUT2D eigenvalue weighted by Gasteiger charge is -2.13. The third kappa shape index (κ3) is 4.56. The van der Waals surface area contributed by atoms with Crippen molar-refractivity contribution < 1.29 is 4.79 Å². The second-order valence-electron chi connectivity index (χ2n) is 4.73. The quantitative estimate of drug-likeness (QED) is 0.756. The lowest BCUT2D eigenvalue weighted by Crippen LogP contribution is -2.42. The predicted octanol–water partition coefficient (Wildman–Crippen LogP) is 0.452. The van der Waals surface area contributed by atoms with Crippen LogP contribution in [-0.4, -0.2) is 28.0 Å². The Morgan fingerprint density at radius 3 is 2.82 bits per heavy atom. The molecule has 5 heteroatoms. The van der Waals surface area contributed by atoms with E-state index in [4.69, 9.17) is 5.73 Å². The molecule has 0 spiro atoms. The van der Waals surface area contributed by atoms with Crippen LogP contribution < -0.4 is 11.1 Å². The Labute approximate surface area is 102 Å². The molecular weight excluding hydrogens is 216 g/mol. The lowest BCUT2D eigenvalue weighted by atomic mass is 10.0. The van der Waals surface area contributed by atoms with Gasteiger partial charge < -0.3 is 15.6 Å². The zero-order chi connectivity index (χ0) is 12.8. The Morgan fingerprint density at radius 2 is 2.29 bits per heavy atom. The maximum Gasteiger partial charge on any atom is 0.236 e. The monoisotopic (exact) mass is 238 g/mol. The second-order valence-corrected chi connectivity index (χ2v) is 4.73. The van der Waals surface area contributed by atoms with Crippen LogP contribution in [0.2, 0.25) is 0 Å². The summed E-state index contributed by atoms with van der Waals surface area (Å²) in [5, 5.41) is 2.84. The molecule has 0 aromatic carbocycles. The number of amides is 1. The van der Waals surface area contributed by atoms with Crippen molar-refractivity contribution >= 4 is 5.91 Å². The summed E-state index contributed by atoms with van der Waals surface area (Å²) in [6.07, 6.45) is 5.08. The molecule has 0 aliphatic rings. The van der Waals surface area contributed by atoms with Crippen LogP contribution in [-0.2, 0) is 18.3 Å². The molecule has 1 amide bonds. The van der Waals surface area contributed by atoms with E-state index >= 15 is 0 Å². The fraction of sp³-hybridized carbons (Fsp3) is 0.667. The minimum absolute atomic E-state index is 0.0760. The van der Waals surface area contributed by atoms with Gasteiger partial charge in [0.05, 0.1) is 6.04 Å². The van der Waals surface area contributed by atoms with E-state index in [1.807, 2.05) is 17.8 Å². The third-order valence-electron chi connectivity index (χ3n) is 2.63. The number of rotatable bonds is 6. The Kier molecular flexibility index (Phi) is 5.15. The van der Waals surface area contributed by atoms with E-state index in [1.165, 1.54) is 0 Å². The van der Waals surface area contributed by atoms with Gasteiger partial charge in [-0.15, -0.1) is 0 Å². The first kappa shape index (κ1) is 13.7. The van der Waals surface area contributed by atoms with E-state index in [9.17, 15) is 4.79 Å². The van der Waals surface area contributed by atoms with E-state index < -0.39 is 6.04 Å². The van der Waals surface area contributed by atoms with Crippen molar-refractivity contribution in [1.82, 2.24) is 14.9 Å². The van der Waals surface area contributed by atoms with Crippen molar-refractivity contribution in [1.29, 1.82) is 0 Å². The molecule has 3 N–H and O–H groups in total. The van der Waals surface area contributed by atoms with Crippen LogP contribution in [0.5, 0.6) is 0 Å². The van der Waals surface area contributed by atoms with Crippen molar-refractivity contribution in [3.05, 3.63) is 18.2 Å². The van der Waals surface area contributed by atoms with Crippen LogP contribution in [0.25, 0.3) is 0 Å². The molecule has 1 heterocycles. The van der Waals surface area contributed by atoms with Gasteiger partial charge in [-0.2, -0.15) is 0 Å². The summed E-state index contributed by atoms with van der Waals surface area (Å²) in [4.78, 5) is 15.8. The highest BCUT2D eigenvalue weighted by Gasteiger charge is 2.14. The van der Waals surface area contributed by atoms with Gasteiger partial charge in [0.15, 0.2) is 0 Å². The van der Waals surface area contributed by atoms with Crippen LogP contribution in [0.4, 0.5) is 0 Å². The van der Waals surface area contributed by atoms with E-state index in [-0.39, 0.29) is 5.91 Å². The minimum atomic E-state index is -0.406. The average molecular weight is 238 g/mol. The van der Waals surface area contributed by atoms with Crippen LogP contribution >= 0.6 is 0 Å². The number of nitrogens with zero attached hydrogens (tertiary/aromatic N) is 2. The molecular formula is C12H22N4O. The molecule has 0 aliphatic carbocycles. The number of nitrogens with one attached hydrogen (secondary N) is 1. The zero-order valence-electron chi connectivity index (χ0n) is 10.8. The topological polar surface area (TPSA) is 72.9 Å². The number of aryl methyl sites for hydroxylation is 1. The van der Waals surface area contributed by atoms with Gasteiger partial charge in [0.1, 0.15) is 5.82 Å². The molecule has 5 nitrogen and oxygen atoms in total. The molecule has 1 aromatic rings. The Bertz CT molecular complexity index is 359. The summed E-state index contributed by atoms with van der Waals surface area (Å²) in [7, 11) is 1.94. The minimum Gasteiger partial charge on any atom is -0.354 e. The first-order chi connectivity index (χ1) is 8.00. The number of imidazole rings is 1. The van der Waals surface area contributed by atoms with Gasteiger partial charge in [-0.1, -0.05) is 13.8 Å².